The summed E-state index contributed by atoms with van der Waals surface area (Å²) >= 11 is 4.91. The van der Waals surface area contributed by atoms with E-state index in [1.54, 1.807) is 0 Å². The molecule has 2 heterocycles. The molecule has 0 bridgehead atoms. The van der Waals surface area contributed by atoms with Gasteiger partial charge in [-0.3, -0.25) is 4.90 Å². The van der Waals surface area contributed by atoms with Crippen LogP contribution in [0, 0.1) is 0 Å². The van der Waals surface area contributed by atoms with Crippen molar-refractivity contribution in [2.75, 3.05) is 37.6 Å². The molecule has 86 valence electrons. The minimum absolute atomic E-state index is 0.575. The Morgan fingerprint density at radius 3 is 2.62 bits per heavy atom. The van der Waals surface area contributed by atoms with E-state index in [0.29, 0.717) is 4.99 Å². The number of anilines is 1. The fourth-order valence-corrected chi connectivity index (χ4v) is 2.08. The highest BCUT2D eigenvalue weighted by molar-refractivity contribution is 7.80. The number of aromatic nitrogens is 1. The third kappa shape index (κ3) is 2.90. The minimum Gasteiger partial charge on any atom is -0.392 e. The van der Waals surface area contributed by atoms with Gasteiger partial charge in [-0.2, -0.15) is 0 Å². The normalized spacial score (nSPS) is 17.4. The van der Waals surface area contributed by atoms with Gasteiger partial charge in [0.15, 0.2) is 0 Å². The predicted molar refractivity (Wildman–Crippen MR) is 69.7 cm³/mol. The van der Waals surface area contributed by atoms with Gasteiger partial charge in [-0.15, -0.1) is 0 Å². The third-order valence-electron chi connectivity index (χ3n) is 2.73. The van der Waals surface area contributed by atoms with Crippen molar-refractivity contribution in [1.29, 1.82) is 0 Å². The molecule has 1 aliphatic rings. The molecule has 2 rings (SSSR count). The second-order valence-corrected chi connectivity index (χ2v) is 4.44. The smallest absolute Gasteiger partial charge is 0.128 e. The Kier molecular flexibility index (Phi) is 3.69. The van der Waals surface area contributed by atoms with Crippen molar-refractivity contribution in [3.63, 3.8) is 0 Å². The molecule has 1 aromatic heterocycles. The highest BCUT2D eigenvalue weighted by Gasteiger charge is 2.17. The standard InChI is InChI=1S/C11H16N4S/c12-10(16)9-14-5-7-15(8-6-14)11-3-1-2-4-13-11/h1-4H,5-9H2,(H2,12,16). The molecule has 1 aliphatic heterocycles. The minimum atomic E-state index is 0.575. The van der Waals surface area contributed by atoms with Crippen molar-refractivity contribution >= 4 is 23.0 Å². The first-order valence-electron chi connectivity index (χ1n) is 5.42. The summed E-state index contributed by atoms with van der Waals surface area (Å²) in [5.41, 5.74) is 5.53. The van der Waals surface area contributed by atoms with E-state index in [1.807, 2.05) is 24.4 Å². The molecule has 0 unspecified atom stereocenters. The first-order valence-corrected chi connectivity index (χ1v) is 5.83. The van der Waals surface area contributed by atoms with Crippen molar-refractivity contribution in [3.05, 3.63) is 24.4 Å². The summed E-state index contributed by atoms with van der Waals surface area (Å²) in [7, 11) is 0. The first-order chi connectivity index (χ1) is 7.75. The monoisotopic (exact) mass is 236 g/mol. The summed E-state index contributed by atoms with van der Waals surface area (Å²) in [5, 5.41) is 0. The Morgan fingerprint density at radius 1 is 1.31 bits per heavy atom. The van der Waals surface area contributed by atoms with Crippen molar-refractivity contribution < 1.29 is 0 Å². The molecule has 0 amide bonds. The number of hydrogen-bond acceptors (Lipinski definition) is 4. The van der Waals surface area contributed by atoms with E-state index < -0.39 is 0 Å². The van der Waals surface area contributed by atoms with E-state index in [9.17, 15) is 0 Å². The Bertz CT molecular complexity index is 346. The van der Waals surface area contributed by atoms with Crippen molar-refractivity contribution in [2.24, 2.45) is 5.73 Å². The van der Waals surface area contributed by atoms with E-state index >= 15 is 0 Å². The lowest BCUT2D eigenvalue weighted by Gasteiger charge is -2.35. The van der Waals surface area contributed by atoms with Crippen LogP contribution in [-0.2, 0) is 0 Å². The maximum absolute atomic E-state index is 5.53. The highest BCUT2D eigenvalue weighted by atomic mass is 32.1. The molecule has 1 saturated heterocycles. The maximum Gasteiger partial charge on any atom is 0.128 e. The van der Waals surface area contributed by atoms with Crippen LogP contribution in [0.4, 0.5) is 5.82 Å². The molecular formula is C11H16N4S. The van der Waals surface area contributed by atoms with Gasteiger partial charge in [0.25, 0.3) is 0 Å². The van der Waals surface area contributed by atoms with Crippen molar-refractivity contribution in [3.8, 4) is 0 Å². The number of rotatable bonds is 3. The molecule has 4 nitrogen and oxygen atoms in total. The average Bonchev–Trinajstić information content (AvgIpc) is 2.30. The van der Waals surface area contributed by atoms with Gasteiger partial charge in [-0.05, 0) is 12.1 Å². The summed E-state index contributed by atoms with van der Waals surface area (Å²) in [6, 6.07) is 6.00. The van der Waals surface area contributed by atoms with Crippen LogP contribution < -0.4 is 10.6 Å². The average molecular weight is 236 g/mol. The van der Waals surface area contributed by atoms with Gasteiger partial charge in [0.2, 0.25) is 0 Å². The van der Waals surface area contributed by atoms with Crippen LogP contribution in [-0.4, -0.2) is 47.6 Å². The Hall–Kier alpha value is -1.20. The van der Waals surface area contributed by atoms with Crippen molar-refractivity contribution in [1.82, 2.24) is 9.88 Å². The van der Waals surface area contributed by atoms with Crippen molar-refractivity contribution in [2.45, 2.75) is 0 Å². The molecule has 0 spiro atoms. The zero-order valence-corrected chi connectivity index (χ0v) is 9.99. The maximum atomic E-state index is 5.53. The number of hydrogen-bond donors (Lipinski definition) is 1. The van der Waals surface area contributed by atoms with E-state index in [4.69, 9.17) is 18.0 Å². The lowest BCUT2D eigenvalue weighted by Crippen LogP contribution is -2.48. The topological polar surface area (TPSA) is 45.4 Å². The van der Waals surface area contributed by atoms with Gasteiger partial charge in [0.05, 0.1) is 4.99 Å². The molecule has 0 aliphatic carbocycles. The van der Waals surface area contributed by atoms with Gasteiger partial charge >= 0.3 is 0 Å². The van der Waals surface area contributed by atoms with Crippen LogP contribution >= 0.6 is 12.2 Å². The summed E-state index contributed by atoms with van der Waals surface area (Å²) in [4.78, 5) is 9.49. The largest absolute Gasteiger partial charge is 0.392 e. The van der Waals surface area contributed by atoms with Gasteiger partial charge < -0.3 is 10.6 Å². The van der Waals surface area contributed by atoms with Crippen LogP contribution in [0.15, 0.2) is 24.4 Å². The molecular weight excluding hydrogens is 220 g/mol. The van der Waals surface area contributed by atoms with E-state index in [0.717, 1.165) is 38.5 Å². The van der Waals surface area contributed by atoms with Gasteiger partial charge in [0, 0.05) is 38.9 Å². The molecule has 1 fully saturated rings. The molecule has 0 aromatic carbocycles. The molecule has 16 heavy (non-hydrogen) atoms. The van der Waals surface area contributed by atoms with Crippen LogP contribution in [0.2, 0.25) is 0 Å². The zero-order chi connectivity index (χ0) is 11.4. The summed E-state index contributed by atoms with van der Waals surface area (Å²) in [6.45, 7) is 4.69. The van der Waals surface area contributed by atoms with E-state index in [2.05, 4.69) is 14.8 Å². The van der Waals surface area contributed by atoms with Crippen LogP contribution in [0.25, 0.3) is 0 Å². The van der Waals surface area contributed by atoms with E-state index in [-0.39, 0.29) is 0 Å². The SMILES string of the molecule is NC(=S)CN1CCN(c2ccccn2)CC1. The molecule has 5 heteroatoms. The molecule has 2 N–H and O–H groups in total. The number of nitrogens with zero attached hydrogens (tertiary/aromatic N) is 3. The van der Waals surface area contributed by atoms with Crippen LogP contribution in [0.5, 0.6) is 0 Å². The Balaban J connectivity index is 1.88. The fourth-order valence-electron chi connectivity index (χ4n) is 1.90. The summed E-state index contributed by atoms with van der Waals surface area (Å²) < 4.78 is 0. The molecule has 1 aromatic rings. The summed E-state index contributed by atoms with van der Waals surface area (Å²) in [5.74, 6) is 1.05. The fraction of sp³-hybridized carbons (Fsp3) is 0.455. The molecule has 0 radical (unpaired) electrons. The summed E-state index contributed by atoms with van der Waals surface area (Å²) in [6.07, 6.45) is 1.83. The molecule has 0 saturated carbocycles. The van der Waals surface area contributed by atoms with Gasteiger partial charge in [0.1, 0.15) is 5.82 Å². The number of pyridine rings is 1. The quantitative estimate of drug-likeness (QED) is 0.774. The zero-order valence-electron chi connectivity index (χ0n) is 9.17. The number of thiocarbonyl (C=S) groups is 1. The van der Waals surface area contributed by atoms with Gasteiger partial charge in [-0.1, -0.05) is 18.3 Å². The Labute approximate surface area is 101 Å². The van der Waals surface area contributed by atoms with Crippen LogP contribution in [0.1, 0.15) is 0 Å². The number of nitrogens with two attached hydrogens (primary N) is 1. The highest BCUT2D eigenvalue weighted by Crippen LogP contribution is 2.11. The van der Waals surface area contributed by atoms with E-state index in [1.165, 1.54) is 0 Å². The second-order valence-electron chi connectivity index (χ2n) is 3.92. The predicted octanol–water partition coefficient (Wildman–Crippen LogP) is 0.490. The molecule has 0 atom stereocenters. The van der Waals surface area contributed by atoms with Crippen LogP contribution in [0.3, 0.4) is 0 Å². The lowest BCUT2D eigenvalue weighted by atomic mass is 10.3. The first kappa shape index (κ1) is 11.3. The Morgan fingerprint density at radius 2 is 2.06 bits per heavy atom. The number of piperazine rings is 1. The lowest BCUT2D eigenvalue weighted by molar-refractivity contribution is 0.291. The second kappa shape index (κ2) is 5.23. The third-order valence-corrected chi connectivity index (χ3v) is 2.85. The van der Waals surface area contributed by atoms with Gasteiger partial charge in [-0.25, -0.2) is 4.98 Å².